The molecule has 0 unspecified atom stereocenters. The van der Waals surface area contributed by atoms with Gasteiger partial charge in [-0.3, -0.25) is 5.43 Å². The van der Waals surface area contributed by atoms with Crippen molar-refractivity contribution >= 4 is 23.2 Å². The van der Waals surface area contributed by atoms with Crippen LogP contribution in [0.4, 0.5) is 10.1 Å². The quantitative estimate of drug-likeness (QED) is 0.338. The summed E-state index contributed by atoms with van der Waals surface area (Å²) in [6, 6.07) is 4.70. The summed E-state index contributed by atoms with van der Waals surface area (Å²) in [4.78, 5) is 4.53. The summed E-state index contributed by atoms with van der Waals surface area (Å²) in [6.07, 6.45) is 5.84. The van der Waals surface area contributed by atoms with Crippen LogP contribution in [-0.2, 0) is 0 Å². The lowest BCUT2D eigenvalue weighted by Crippen LogP contribution is -2.37. The molecular formula is C13H18ClFN4. The fourth-order valence-corrected chi connectivity index (χ4v) is 2.39. The van der Waals surface area contributed by atoms with Crippen LogP contribution in [0.3, 0.4) is 0 Å². The Hall–Kier alpha value is -1.33. The van der Waals surface area contributed by atoms with Crippen LogP contribution in [-0.4, -0.2) is 12.0 Å². The van der Waals surface area contributed by atoms with Gasteiger partial charge in [0, 0.05) is 5.69 Å². The van der Waals surface area contributed by atoms with Gasteiger partial charge in [0.05, 0.1) is 11.1 Å². The summed E-state index contributed by atoms with van der Waals surface area (Å²) in [5.41, 5.74) is 3.19. The number of hydrogen-bond donors (Lipinski definition) is 3. The molecule has 1 aliphatic rings. The molecule has 6 heteroatoms. The van der Waals surface area contributed by atoms with Gasteiger partial charge < -0.3 is 5.32 Å². The van der Waals surface area contributed by atoms with Crippen LogP contribution < -0.4 is 16.6 Å². The lowest BCUT2D eigenvalue weighted by molar-refractivity contribution is 0.442. The molecule has 0 amide bonds. The zero-order valence-electron chi connectivity index (χ0n) is 10.6. The number of aliphatic imine (C=N–C) groups is 1. The third-order valence-electron chi connectivity index (χ3n) is 3.21. The van der Waals surface area contributed by atoms with Crippen LogP contribution in [0.2, 0.25) is 5.02 Å². The second-order valence-corrected chi connectivity index (χ2v) is 5.07. The Bertz CT molecular complexity index is 458. The summed E-state index contributed by atoms with van der Waals surface area (Å²) < 4.78 is 13.1. The predicted molar refractivity (Wildman–Crippen MR) is 76.7 cm³/mol. The standard InChI is InChI=1S/C13H18ClFN4/c14-11-8-10(6-7-12(11)15)18-13(19-16)17-9-4-2-1-3-5-9/h6-9H,1-5,16H2,(H2,17,18,19). The van der Waals surface area contributed by atoms with E-state index < -0.39 is 5.82 Å². The van der Waals surface area contributed by atoms with Crippen LogP contribution in [0.15, 0.2) is 23.2 Å². The van der Waals surface area contributed by atoms with E-state index >= 15 is 0 Å². The summed E-state index contributed by atoms with van der Waals surface area (Å²) >= 11 is 5.73. The van der Waals surface area contributed by atoms with E-state index in [2.05, 4.69) is 15.7 Å². The molecule has 0 heterocycles. The fraction of sp³-hybridized carbons (Fsp3) is 0.462. The average Bonchev–Trinajstić information content (AvgIpc) is 2.43. The summed E-state index contributed by atoms with van der Waals surface area (Å²) in [6.45, 7) is 0. The first-order valence-electron chi connectivity index (χ1n) is 6.45. The minimum atomic E-state index is -0.446. The highest BCUT2D eigenvalue weighted by Crippen LogP contribution is 2.21. The molecule has 1 saturated carbocycles. The maximum absolute atomic E-state index is 13.1. The van der Waals surface area contributed by atoms with E-state index in [1.807, 2.05) is 0 Å². The number of anilines is 1. The van der Waals surface area contributed by atoms with E-state index in [4.69, 9.17) is 17.4 Å². The number of guanidine groups is 1. The second kappa shape index (κ2) is 6.73. The van der Waals surface area contributed by atoms with Crippen molar-refractivity contribution in [2.75, 3.05) is 5.32 Å². The Morgan fingerprint density at radius 3 is 2.68 bits per heavy atom. The van der Waals surface area contributed by atoms with Crippen molar-refractivity contribution in [3.05, 3.63) is 29.0 Å². The molecule has 0 aliphatic heterocycles. The van der Waals surface area contributed by atoms with E-state index in [9.17, 15) is 4.39 Å². The third kappa shape index (κ3) is 4.08. The first kappa shape index (κ1) is 14.1. The highest BCUT2D eigenvalue weighted by Gasteiger charge is 2.13. The molecule has 0 aromatic heterocycles. The molecule has 104 valence electrons. The van der Waals surface area contributed by atoms with Gasteiger partial charge in [0.15, 0.2) is 0 Å². The van der Waals surface area contributed by atoms with Gasteiger partial charge in [-0.2, -0.15) is 0 Å². The maximum atomic E-state index is 13.1. The van der Waals surface area contributed by atoms with Crippen LogP contribution in [0.1, 0.15) is 32.1 Å². The second-order valence-electron chi connectivity index (χ2n) is 4.67. The van der Waals surface area contributed by atoms with Crippen LogP contribution in [0.25, 0.3) is 0 Å². The molecule has 0 atom stereocenters. The van der Waals surface area contributed by atoms with Crippen molar-refractivity contribution < 1.29 is 4.39 Å². The van der Waals surface area contributed by atoms with Crippen molar-refractivity contribution in [2.45, 2.75) is 38.1 Å². The molecule has 2 rings (SSSR count). The number of nitrogens with one attached hydrogen (secondary N) is 2. The Labute approximate surface area is 117 Å². The van der Waals surface area contributed by atoms with Crippen LogP contribution in [0, 0.1) is 5.82 Å². The van der Waals surface area contributed by atoms with Gasteiger partial charge in [0.2, 0.25) is 5.96 Å². The lowest BCUT2D eigenvalue weighted by atomic mass is 9.96. The lowest BCUT2D eigenvalue weighted by Gasteiger charge is -2.19. The molecule has 19 heavy (non-hydrogen) atoms. The van der Waals surface area contributed by atoms with Crippen molar-refractivity contribution in [1.82, 2.24) is 5.43 Å². The zero-order chi connectivity index (χ0) is 13.7. The molecule has 1 aromatic rings. The topological polar surface area (TPSA) is 62.4 Å². The summed E-state index contributed by atoms with van der Waals surface area (Å²) in [5, 5.41) is 3.08. The predicted octanol–water partition coefficient (Wildman–Crippen LogP) is 3.04. The van der Waals surface area contributed by atoms with Gasteiger partial charge in [-0.25, -0.2) is 15.2 Å². The van der Waals surface area contributed by atoms with E-state index in [0.717, 1.165) is 12.8 Å². The maximum Gasteiger partial charge on any atom is 0.210 e. The first-order chi connectivity index (χ1) is 9.19. The van der Waals surface area contributed by atoms with Crippen LogP contribution in [0.5, 0.6) is 0 Å². The van der Waals surface area contributed by atoms with Gasteiger partial charge in [0.25, 0.3) is 0 Å². The number of nitrogens with two attached hydrogens (primary N) is 1. The van der Waals surface area contributed by atoms with Gasteiger partial charge in [-0.05, 0) is 31.0 Å². The Morgan fingerprint density at radius 1 is 1.32 bits per heavy atom. The SMILES string of the molecule is NNC(=NC1CCCCC1)Nc1ccc(F)c(Cl)c1. The monoisotopic (exact) mass is 284 g/mol. The normalized spacial score (nSPS) is 17.3. The molecule has 4 N–H and O–H groups in total. The van der Waals surface area contributed by atoms with Gasteiger partial charge in [-0.1, -0.05) is 30.9 Å². The van der Waals surface area contributed by atoms with Crippen molar-refractivity contribution in [2.24, 2.45) is 10.8 Å². The van der Waals surface area contributed by atoms with Gasteiger partial charge in [-0.15, -0.1) is 0 Å². The molecule has 0 bridgehead atoms. The third-order valence-corrected chi connectivity index (χ3v) is 3.50. The molecule has 0 spiro atoms. The zero-order valence-corrected chi connectivity index (χ0v) is 11.4. The summed E-state index contributed by atoms with van der Waals surface area (Å²) in [5.74, 6) is 5.49. The van der Waals surface area contributed by atoms with Gasteiger partial charge >= 0.3 is 0 Å². The molecule has 1 fully saturated rings. The number of nitrogens with zero attached hydrogens (tertiary/aromatic N) is 1. The average molecular weight is 285 g/mol. The minimum absolute atomic E-state index is 0.0686. The van der Waals surface area contributed by atoms with Crippen LogP contribution >= 0.6 is 11.6 Å². The van der Waals surface area contributed by atoms with Crippen molar-refractivity contribution in [1.29, 1.82) is 0 Å². The molecule has 0 radical (unpaired) electrons. The largest absolute Gasteiger partial charge is 0.325 e. The Balaban J connectivity index is 2.05. The van der Waals surface area contributed by atoms with Gasteiger partial charge in [0.1, 0.15) is 5.82 Å². The highest BCUT2D eigenvalue weighted by atomic mass is 35.5. The fourth-order valence-electron chi connectivity index (χ4n) is 2.21. The number of rotatable bonds is 2. The molecule has 1 aliphatic carbocycles. The smallest absolute Gasteiger partial charge is 0.210 e. The highest BCUT2D eigenvalue weighted by molar-refractivity contribution is 6.31. The van der Waals surface area contributed by atoms with E-state index in [0.29, 0.717) is 17.7 Å². The molecule has 0 saturated heterocycles. The van der Waals surface area contributed by atoms with Crippen molar-refractivity contribution in [3.8, 4) is 0 Å². The Morgan fingerprint density at radius 2 is 2.05 bits per heavy atom. The van der Waals surface area contributed by atoms with E-state index in [1.54, 1.807) is 6.07 Å². The summed E-state index contributed by atoms with van der Waals surface area (Å²) in [7, 11) is 0. The van der Waals surface area contributed by atoms with E-state index in [1.165, 1.54) is 31.4 Å². The number of hydrogen-bond acceptors (Lipinski definition) is 2. The van der Waals surface area contributed by atoms with E-state index in [-0.39, 0.29) is 5.02 Å². The number of halogens is 2. The Kier molecular flexibility index (Phi) is 4.99. The van der Waals surface area contributed by atoms with Crippen molar-refractivity contribution in [3.63, 3.8) is 0 Å². The first-order valence-corrected chi connectivity index (χ1v) is 6.83. The number of benzene rings is 1. The molecule has 4 nitrogen and oxygen atoms in total. The minimum Gasteiger partial charge on any atom is -0.325 e. The number of hydrazine groups is 1. The molecule has 1 aromatic carbocycles. The molecular weight excluding hydrogens is 267 g/mol.